The summed E-state index contributed by atoms with van der Waals surface area (Å²) in [4.78, 5) is 17.3. The maximum absolute atomic E-state index is 11.5. The Labute approximate surface area is 110 Å². The number of aliphatic imine (C=N–C) groups is 1. The van der Waals surface area contributed by atoms with Crippen molar-refractivity contribution in [3.63, 3.8) is 0 Å². The Morgan fingerprint density at radius 1 is 1.33 bits per heavy atom. The Hall–Kier alpha value is -1.30. The van der Waals surface area contributed by atoms with E-state index in [1.165, 1.54) is 4.90 Å². The lowest BCUT2D eigenvalue weighted by atomic mass is 10.1. The minimum atomic E-state index is -0.111. The maximum atomic E-state index is 11.5. The highest BCUT2D eigenvalue weighted by Crippen LogP contribution is 1.97. The summed E-state index contributed by atoms with van der Waals surface area (Å²) in [5.74, 6) is 0.589. The predicted molar refractivity (Wildman–Crippen MR) is 73.8 cm³/mol. The Morgan fingerprint density at radius 2 is 1.94 bits per heavy atom. The minimum Gasteiger partial charge on any atom is -0.383 e. The van der Waals surface area contributed by atoms with Gasteiger partial charge in [-0.05, 0) is 20.8 Å². The van der Waals surface area contributed by atoms with Crippen molar-refractivity contribution < 1.29 is 9.53 Å². The van der Waals surface area contributed by atoms with Gasteiger partial charge in [-0.2, -0.15) is 0 Å². The Balaban J connectivity index is 4.44. The second-order valence-electron chi connectivity index (χ2n) is 5.25. The van der Waals surface area contributed by atoms with Crippen molar-refractivity contribution in [1.29, 1.82) is 0 Å². The number of rotatable bonds is 5. The number of carbonyl (C=O) groups excluding carboxylic acids is 1. The first-order valence-corrected chi connectivity index (χ1v) is 6.02. The molecule has 0 rings (SSSR count). The molecule has 0 aliphatic carbocycles. The number of guanidine groups is 1. The van der Waals surface area contributed by atoms with Gasteiger partial charge < -0.3 is 20.3 Å². The lowest BCUT2D eigenvalue weighted by molar-refractivity contribution is -0.127. The first kappa shape index (κ1) is 16.7. The number of hydrogen-bond acceptors (Lipinski definition) is 3. The lowest BCUT2D eigenvalue weighted by Gasteiger charge is -2.24. The highest BCUT2D eigenvalue weighted by molar-refractivity contribution is 5.85. The van der Waals surface area contributed by atoms with Gasteiger partial charge in [-0.3, -0.25) is 4.79 Å². The van der Waals surface area contributed by atoms with Crippen LogP contribution in [-0.4, -0.2) is 63.2 Å². The van der Waals surface area contributed by atoms with Crippen LogP contribution in [0.4, 0.5) is 0 Å². The van der Waals surface area contributed by atoms with Crippen LogP contribution in [0.5, 0.6) is 0 Å². The number of hydrogen-bond donors (Lipinski definition) is 2. The lowest BCUT2D eigenvalue weighted by Crippen LogP contribution is -2.48. The normalized spacial score (nSPS) is 12.2. The molecule has 0 spiro atoms. The zero-order chi connectivity index (χ0) is 14.2. The molecule has 0 unspecified atom stereocenters. The molecule has 1 amide bonds. The summed E-state index contributed by atoms with van der Waals surface area (Å²) in [5.41, 5.74) is -0.111. The van der Waals surface area contributed by atoms with Crippen LogP contribution in [0.15, 0.2) is 4.99 Å². The molecule has 0 radical (unpaired) electrons. The van der Waals surface area contributed by atoms with Gasteiger partial charge in [-0.15, -0.1) is 0 Å². The smallest absolute Gasteiger partial charge is 0.243 e. The molecule has 0 aliphatic rings. The fourth-order valence-corrected chi connectivity index (χ4v) is 1.05. The van der Waals surface area contributed by atoms with Crippen molar-refractivity contribution >= 4 is 11.9 Å². The van der Waals surface area contributed by atoms with E-state index in [-0.39, 0.29) is 18.0 Å². The molecule has 18 heavy (non-hydrogen) atoms. The third-order valence-electron chi connectivity index (χ3n) is 1.96. The number of nitrogens with one attached hydrogen (secondary N) is 2. The number of ether oxygens (including phenoxy) is 1. The average molecular weight is 258 g/mol. The Bertz CT molecular complexity index is 282. The summed E-state index contributed by atoms with van der Waals surface area (Å²) >= 11 is 0. The largest absolute Gasteiger partial charge is 0.383 e. The van der Waals surface area contributed by atoms with Gasteiger partial charge in [0.15, 0.2) is 5.96 Å². The fourth-order valence-electron chi connectivity index (χ4n) is 1.05. The van der Waals surface area contributed by atoms with Crippen molar-refractivity contribution in [3.8, 4) is 0 Å². The second kappa shape index (κ2) is 7.92. The summed E-state index contributed by atoms with van der Waals surface area (Å²) < 4.78 is 4.97. The molecule has 0 saturated carbocycles. The number of likely N-dealkylation sites (N-methyl/N-ethyl adjacent to an activating group) is 1. The van der Waals surface area contributed by atoms with E-state index in [4.69, 9.17) is 4.74 Å². The van der Waals surface area contributed by atoms with Crippen LogP contribution in [0.1, 0.15) is 20.8 Å². The zero-order valence-corrected chi connectivity index (χ0v) is 12.3. The Morgan fingerprint density at radius 3 is 2.39 bits per heavy atom. The predicted octanol–water partition coefficient (Wildman–Crippen LogP) is 0.0547. The van der Waals surface area contributed by atoms with Gasteiger partial charge in [0.2, 0.25) is 5.91 Å². The average Bonchev–Trinajstić information content (AvgIpc) is 2.23. The van der Waals surface area contributed by atoms with Gasteiger partial charge in [0.05, 0.1) is 6.61 Å². The number of methoxy groups -OCH3 is 1. The summed E-state index contributed by atoms with van der Waals surface area (Å²) in [6.07, 6.45) is 0. The maximum Gasteiger partial charge on any atom is 0.243 e. The quantitative estimate of drug-likeness (QED) is 0.415. The van der Waals surface area contributed by atoms with Crippen LogP contribution < -0.4 is 10.6 Å². The van der Waals surface area contributed by atoms with E-state index >= 15 is 0 Å². The van der Waals surface area contributed by atoms with Crippen LogP contribution in [0.25, 0.3) is 0 Å². The van der Waals surface area contributed by atoms with Crippen LogP contribution in [0, 0.1) is 0 Å². The van der Waals surface area contributed by atoms with E-state index in [2.05, 4.69) is 15.6 Å². The topological polar surface area (TPSA) is 66.0 Å². The van der Waals surface area contributed by atoms with E-state index in [0.29, 0.717) is 19.1 Å². The molecule has 6 nitrogen and oxygen atoms in total. The molecular weight excluding hydrogens is 232 g/mol. The molecule has 0 fully saturated rings. The van der Waals surface area contributed by atoms with Crippen LogP contribution >= 0.6 is 0 Å². The summed E-state index contributed by atoms with van der Waals surface area (Å²) in [5, 5.41) is 6.34. The molecule has 0 aromatic carbocycles. The number of amides is 1. The first-order chi connectivity index (χ1) is 8.26. The fraction of sp³-hybridized carbons (Fsp3) is 0.833. The van der Waals surface area contributed by atoms with Gasteiger partial charge in [0.1, 0.15) is 6.54 Å². The second-order valence-corrected chi connectivity index (χ2v) is 5.25. The molecule has 0 aliphatic heterocycles. The Kier molecular flexibility index (Phi) is 7.35. The molecule has 0 heterocycles. The van der Waals surface area contributed by atoms with E-state index in [1.54, 1.807) is 21.2 Å². The summed E-state index contributed by atoms with van der Waals surface area (Å²) in [6.45, 7) is 7.48. The van der Waals surface area contributed by atoms with Gasteiger partial charge >= 0.3 is 0 Å². The number of nitrogens with zero attached hydrogens (tertiary/aromatic N) is 2. The molecule has 0 bridgehead atoms. The molecule has 0 aromatic heterocycles. The van der Waals surface area contributed by atoms with Crippen LogP contribution in [-0.2, 0) is 9.53 Å². The summed E-state index contributed by atoms with van der Waals surface area (Å²) in [6, 6.07) is 0. The SMILES string of the molecule is COCCNC(=NCC(=O)N(C)C)NC(C)(C)C. The van der Waals surface area contributed by atoms with E-state index in [9.17, 15) is 4.79 Å². The van der Waals surface area contributed by atoms with Gasteiger partial charge in [0.25, 0.3) is 0 Å². The molecule has 0 atom stereocenters. The molecular formula is C12H26N4O2. The van der Waals surface area contributed by atoms with Gasteiger partial charge in [0, 0.05) is 33.3 Å². The summed E-state index contributed by atoms with van der Waals surface area (Å²) in [7, 11) is 5.07. The van der Waals surface area contributed by atoms with Crippen LogP contribution in [0.2, 0.25) is 0 Å². The van der Waals surface area contributed by atoms with E-state index in [0.717, 1.165) is 0 Å². The molecule has 2 N–H and O–H groups in total. The number of carbonyl (C=O) groups is 1. The third kappa shape index (κ3) is 8.81. The first-order valence-electron chi connectivity index (χ1n) is 6.02. The third-order valence-corrected chi connectivity index (χ3v) is 1.96. The highest BCUT2D eigenvalue weighted by Gasteiger charge is 2.12. The molecule has 0 aromatic rings. The van der Waals surface area contributed by atoms with Crippen molar-refractivity contribution in [3.05, 3.63) is 0 Å². The van der Waals surface area contributed by atoms with Crippen molar-refractivity contribution in [2.75, 3.05) is 40.9 Å². The standard InChI is InChI=1S/C12H26N4O2/c1-12(2,3)15-11(13-7-8-18-6)14-9-10(17)16(4)5/h7-9H2,1-6H3,(H2,13,14,15). The minimum absolute atomic E-state index is 0.0308. The van der Waals surface area contributed by atoms with Crippen LogP contribution in [0.3, 0.4) is 0 Å². The van der Waals surface area contributed by atoms with Crippen molar-refractivity contribution in [1.82, 2.24) is 15.5 Å². The molecule has 6 heteroatoms. The van der Waals surface area contributed by atoms with E-state index < -0.39 is 0 Å². The van der Waals surface area contributed by atoms with E-state index in [1.807, 2.05) is 20.8 Å². The zero-order valence-electron chi connectivity index (χ0n) is 12.3. The molecule has 106 valence electrons. The van der Waals surface area contributed by atoms with Gasteiger partial charge in [-0.25, -0.2) is 4.99 Å². The monoisotopic (exact) mass is 258 g/mol. The molecule has 0 saturated heterocycles. The van der Waals surface area contributed by atoms with Crippen molar-refractivity contribution in [2.24, 2.45) is 4.99 Å². The van der Waals surface area contributed by atoms with Crippen molar-refractivity contribution in [2.45, 2.75) is 26.3 Å². The highest BCUT2D eigenvalue weighted by atomic mass is 16.5. The van der Waals surface area contributed by atoms with Gasteiger partial charge in [-0.1, -0.05) is 0 Å².